The summed E-state index contributed by atoms with van der Waals surface area (Å²) in [5, 5.41) is 17.7. The largest absolute Gasteiger partial charge is 0.492 e. The number of morpholine rings is 2. The molecule has 0 radical (unpaired) electrons. The van der Waals surface area contributed by atoms with E-state index in [0.717, 1.165) is 99.4 Å². The fourth-order valence-electron chi connectivity index (χ4n) is 7.12. The number of carbonyl (C=O) groups excluding carboxylic acids is 2. The molecule has 0 spiro atoms. The maximum atomic E-state index is 14.1. The number of amides is 2. The number of ether oxygens (including phenoxy) is 5. The lowest BCUT2D eigenvalue weighted by Crippen LogP contribution is -2.48. The van der Waals surface area contributed by atoms with E-state index in [0.29, 0.717) is 31.9 Å². The second kappa shape index (κ2) is 21.3. The van der Waals surface area contributed by atoms with Crippen LogP contribution in [0.25, 0.3) is 11.0 Å². The van der Waals surface area contributed by atoms with Gasteiger partial charge in [-0.05, 0) is 75.4 Å². The van der Waals surface area contributed by atoms with Gasteiger partial charge in [-0.1, -0.05) is 42.5 Å². The first kappa shape index (κ1) is 42.9. The molecule has 3 atom stereocenters. The van der Waals surface area contributed by atoms with Gasteiger partial charge in [-0.2, -0.15) is 0 Å². The molecule has 14 heteroatoms. The third-order valence-electron chi connectivity index (χ3n) is 10.3. The number of hydrogen-bond donors (Lipinski definition) is 4. The van der Waals surface area contributed by atoms with E-state index in [1.54, 1.807) is 20.8 Å². The molecule has 1 aromatic heterocycles. The Hall–Kier alpha value is -4.73. The second-order valence-electron chi connectivity index (χ2n) is 16.0. The molecule has 2 aliphatic heterocycles. The fraction of sp³-hybridized carbons (Fsp3) is 0.523. The number of carbonyl (C=O) groups is 2. The zero-order chi connectivity index (χ0) is 40.7. The number of nitrogens with zero attached hydrogens (tertiary/aromatic N) is 3. The van der Waals surface area contributed by atoms with Crippen molar-refractivity contribution in [2.45, 2.75) is 64.3 Å². The molecule has 4 N–H and O–H groups in total. The van der Waals surface area contributed by atoms with Gasteiger partial charge in [-0.25, -0.2) is 9.78 Å². The van der Waals surface area contributed by atoms with E-state index in [2.05, 4.69) is 25.4 Å². The van der Waals surface area contributed by atoms with Gasteiger partial charge < -0.3 is 44.4 Å². The summed E-state index contributed by atoms with van der Waals surface area (Å²) in [5.41, 5.74) is 2.70. The van der Waals surface area contributed by atoms with Gasteiger partial charge in [0.05, 0.1) is 56.2 Å². The van der Waals surface area contributed by atoms with Crippen LogP contribution >= 0.6 is 0 Å². The number of aliphatic hydroxyl groups excluding tert-OH is 1. The number of hydrogen-bond acceptors (Lipinski definition) is 11. The molecule has 2 aliphatic rings. The molecule has 3 aromatic carbocycles. The van der Waals surface area contributed by atoms with Crippen LogP contribution in [0, 0.1) is 5.92 Å². The Morgan fingerprint density at radius 3 is 2.07 bits per heavy atom. The van der Waals surface area contributed by atoms with Gasteiger partial charge in [0, 0.05) is 51.3 Å². The van der Waals surface area contributed by atoms with Gasteiger partial charge in [-0.15, -0.1) is 0 Å². The van der Waals surface area contributed by atoms with Crippen molar-refractivity contribution in [1.29, 1.82) is 0 Å². The second-order valence-corrected chi connectivity index (χ2v) is 16.0. The summed E-state index contributed by atoms with van der Waals surface area (Å²) in [6, 6.07) is 22.4. The highest BCUT2D eigenvalue weighted by atomic mass is 16.6. The summed E-state index contributed by atoms with van der Waals surface area (Å²) in [7, 11) is 0. The van der Waals surface area contributed by atoms with Gasteiger partial charge >= 0.3 is 6.09 Å². The predicted molar refractivity (Wildman–Crippen MR) is 221 cm³/mol. The number of aliphatic hydroxyl groups is 1. The Kier molecular flexibility index (Phi) is 15.8. The normalized spacial score (nSPS) is 17.0. The number of fused-ring (bicyclic) bond motifs is 1. The zero-order valence-corrected chi connectivity index (χ0v) is 34.1. The highest BCUT2D eigenvalue weighted by molar-refractivity contribution is 5.80. The Bertz CT molecular complexity index is 1860. The molecule has 314 valence electrons. The number of H-pyrrole nitrogens is 1. The molecule has 0 unspecified atom stereocenters. The van der Waals surface area contributed by atoms with Gasteiger partial charge in [0.1, 0.15) is 36.1 Å². The first-order chi connectivity index (χ1) is 28.1. The number of nitrogens with one attached hydrogen (secondary N) is 3. The number of alkyl carbamates (subject to hydrolysis) is 1. The minimum atomic E-state index is -1.07. The minimum absolute atomic E-state index is 0.0855. The summed E-state index contributed by atoms with van der Waals surface area (Å²) < 4.78 is 28.5. The maximum Gasteiger partial charge on any atom is 0.407 e. The first-order valence-corrected chi connectivity index (χ1v) is 20.5. The lowest BCUT2D eigenvalue weighted by atomic mass is 9.88. The third kappa shape index (κ3) is 14.0. The lowest BCUT2D eigenvalue weighted by molar-refractivity contribution is -0.126. The summed E-state index contributed by atoms with van der Waals surface area (Å²) in [6.45, 7) is 14.9. The molecule has 3 heterocycles. The van der Waals surface area contributed by atoms with Crippen LogP contribution in [-0.2, 0) is 38.4 Å². The van der Waals surface area contributed by atoms with Crippen LogP contribution in [0.15, 0.2) is 72.8 Å². The fourth-order valence-corrected chi connectivity index (χ4v) is 7.12. The molecule has 0 bridgehead atoms. The van der Waals surface area contributed by atoms with E-state index in [1.807, 2.05) is 72.8 Å². The van der Waals surface area contributed by atoms with Crippen molar-refractivity contribution >= 4 is 23.0 Å². The Morgan fingerprint density at radius 2 is 1.43 bits per heavy atom. The zero-order valence-electron chi connectivity index (χ0n) is 34.1. The monoisotopic (exact) mass is 800 g/mol. The Morgan fingerprint density at radius 1 is 0.828 bits per heavy atom. The molecule has 58 heavy (non-hydrogen) atoms. The first-order valence-electron chi connectivity index (χ1n) is 20.5. The van der Waals surface area contributed by atoms with E-state index in [-0.39, 0.29) is 18.9 Å². The van der Waals surface area contributed by atoms with Gasteiger partial charge in [0.25, 0.3) is 0 Å². The predicted octanol–water partition coefficient (Wildman–Crippen LogP) is 4.35. The van der Waals surface area contributed by atoms with E-state index in [4.69, 9.17) is 28.7 Å². The van der Waals surface area contributed by atoms with Crippen molar-refractivity contribution in [3.05, 3.63) is 89.7 Å². The quantitative estimate of drug-likeness (QED) is 0.107. The van der Waals surface area contributed by atoms with Crippen molar-refractivity contribution < 1.29 is 38.4 Å². The number of aromatic amines is 1. The molecule has 0 aliphatic carbocycles. The van der Waals surface area contributed by atoms with Crippen molar-refractivity contribution in [3.8, 4) is 11.5 Å². The summed E-state index contributed by atoms with van der Waals surface area (Å²) in [6.07, 6.45) is -0.911. The van der Waals surface area contributed by atoms with Gasteiger partial charge in [0.2, 0.25) is 5.91 Å². The van der Waals surface area contributed by atoms with Crippen molar-refractivity contribution in [2.75, 3.05) is 78.9 Å². The highest BCUT2D eigenvalue weighted by Gasteiger charge is 2.30. The molecule has 4 aromatic rings. The van der Waals surface area contributed by atoms with Crippen molar-refractivity contribution in [2.24, 2.45) is 5.92 Å². The molecule has 2 fully saturated rings. The molecule has 14 nitrogen and oxygen atoms in total. The van der Waals surface area contributed by atoms with Crippen LogP contribution in [0.2, 0.25) is 0 Å². The van der Waals surface area contributed by atoms with Gasteiger partial charge in [0.15, 0.2) is 0 Å². The average Bonchev–Trinajstić information content (AvgIpc) is 3.63. The number of imidazole rings is 1. The summed E-state index contributed by atoms with van der Waals surface area (Å²) >= 11 is 0. The van der Waals surface area contributed by atoms with Crippen LogP contribution in [-0.4, -0.2) is 134 Å². The summed E-state index contributed by atoms with van der Waals surface area (Å²) in [4.78, 5) is 39.7. The molecule has 0 saturated carbocycles. The van der Waals surface area contributed by atoms with E-state index in [1.165, 1.54) is 0 Å². The molecule has 2 amide bonds. The molecule has 6 rings (SSSR count). The number of benzene rings is 3. The van der Waals surface area contributed by atoms with E-state index >= 15 is 0 Å². The standard InChI is InChI=1S/C44H60N6O8/c1-44(2,3)58-43(53)48-39(28-32-7-5-4-6-8-32)40(51)29-34(27-33-9-11-35(12-10-33)56-25-19-49-15-21-54-22-16-49)42(52)45-31-41-46-37-14-13-36(30-38(37)47-41)57-26-20-50-17-23-55-24-18-50/h4-14,30,34,39-40,51H,15-29,31H2,1-3H3,(H,45,52)(H,46,47)(H,48,53)/t34-,39+,40+/m1/s1. The third-order valence-corrected chi connectivity index (χ3v) is 10.3. The highest BCUT2D eigenvalue weighted by Crippen LogP contribution is 2.23. The van der Waals surface area contributed by atoms with Crippen LogP contribution in [0.3, 0.4) is 0 Å². The Balaban J connectivity index is 1.11. The SMILES string of the molecule is CC(C)(C)OC(=O)N[C@@H](Cc1ccccc1)[C@@H](O)C[C@@H](Cc1ccc(OCCN2CCOCC2)cc1)C(=O)NCc1nc2ccc(OCCN3CCOCC3)cc2[nH]1. The van der Waals surface area contributed by atoms with Crippen LogP contribution in [0.1, 0.15) is 44.1 Å². The Labute approximate surface area is 341 Å². The van der Waals surface area contributed by atoms with Crippen molar-refractivity contribution in [1.82, 2.24) is 30.4 Å². The van der Waals surface area contributed by atoms with Crippen LogP contribution in [0.5, 0.6) is 11.5 Å². The minimum Gasteiger partial charge on any atom is -0.492 e. The number of aromatic nitrogens is 2. The molecular weight excluding hydrogens is 741 g/mol. The smallest absolute Gasteiger partial charge is 0.407 e. The molecular formula is C44H60N6O8. The maximum absolute atomic E-state index is 14.1. The topological polar surface area (TPSA) is 160 Å². The van der Waals surface area contributed by atoms with E-state index < -0.39 is 29.8 Å². The van der Waals surface area contributed by atoms with Crippen LogP contribution < -0.4 is 20.1 Å². The van der Waals surface area contributed by atoms with E-state index in [9.17, 15) is 14.7 Å². The number of rotatable bonds is 19. The lowest BCUT2D eigenvalue weighted by Gasteiger charge is -2.29. The average molecular weight is 801 g/mol. The van der Waals surface area contributed by atoms with Crippen molar-refractivity contribution in [3.63, 3.8) is 0 Å². The van der Waals surface area contributed by atoms with Crippen LogP contribution in [0.4, 0.5) is 4.79 Å². The van der Waals surface area contributed by atoms with Gasteiger partial charge in [-0.3, -0.25) is 14.6 Å². The summed E-state index contributed by atoms with van der Waals surface area (Å²) in [5.74, 6) is 1.21. The molecule has 2 saturated heterocycles.